The van der Waals surface area contributed by atoms with Crippen LogP contribution in [0.2, 0.25) is 0 Å². The molecule has 4 rings (SSSR count). The number of guanidine groups is 1. The third-order valence-corrected chi connectivity index (χ3v) is 11.7. The lowest BCUT2D eigenvalue weighted by molar-refractivity contribution is -0.671. The number of aromatic nitrogens is 4. The van der Waals surface area contributed by atoms with Crippen molar-refractivity contribution < 1.29 is 53.1 Å². The standard InChI is InChI=1S/C28H35N12O10PS4/c1-3-50-37-18(20-36-27(55-39-20)38-51(47,48)49)21(41)34-19(22(42)32-14(24(43)44)5-4-8-31-26(29)30)23-35-17(25(45)46)16(12-52-23)54-28-33-15(11-53-28)13-6-9-40(2)10-7-13/h6-7,9-11,14,19,23,35H,3-5,8,12H2,1-2H3,(H10-,29,30,31,32,34,36,38,39,41,42,43,44,45,46,47,48,49)/p+1/b37-18-/t14?,19-,23-/m1/s1. The van der Waals surface area contributed by atoms with Crippen LogP contribution in [0.3, 0.4) is 0 Å². The highest BCUT2D eigenvalue weighted by Gasteiger charge is 2.39. The highest BCUT2D eigenvalue weighted by atomic mass is 32.2. The van der Waals surface area contributed by atoms with Crippen molar-refractivity contribution in [2.75, 3.05) is 24.0 Å². The maximum absolute atomic E-state index is 13.9. The maximum atomic E-state index is 13.9. The Hall–Kier alpha value is -4.85. The Balaban J connectivity index is 1.63. The zero-order valence-corrected chi connectivity index (χ0v) is 32.9. The maximum Gasteiger partial charge on any atom is 0.429 e. The smallest absolute Gasteiger partial charge is 0.429 e. The Kier molecular flexibility index (Phi) is 15.3. The molecule has 0 fully saturated rings. The number of hydrogen-bond donors (Lipinski definition) is 11. The van der Waals surface area contributed by atoms with Gasteiger partial charge in [0.05, 0.1) is 5.69 Å². The average molecular weight is 860 g/mol. The fourth-order valence-electron chi connectivity index (χ4n) is 4.50. The lowest BCUT2D eigenvalue weighted by Gasteiger charge is -2.33. The van der Waals surface area contributed by atoms with Crippen molar-refractivity contribution in [1.29, 1.82) is 5.41 Å². The minimum atomic E-state index is -4.80. The van der Waals surface area contributed by atoms with E-state index < -0.39 is 60.5 Å². The molecule has 0 radical (unpaired) electrons. The quantitative estimate of drug-likeness (QED) is 0.0186. The minimum Gasteiger partial charge on any atom is -0.480 e. The second-order valence-corrected chi connectivity index (χ2v) is 16.5. The van der Waals surface area contributed by atoms with Gasteiger partial charge in [0, 0.05) is 51.8 Å². The number of aliphatic carboxylic acids is 2. The number of carboxylic acid groups (broad SMARTS) is 2. The number of hydrogen-bond acceptors (Lipinski definition) is 16. The van der Waals surface area contributed by atoms with Crippen molar-refractivity contribution in [2.45, 2.75) is 41.6 Å². The number of aryl methyl sites for hydroxylation is 1. The first-order valence-electron chi connectivity index (χ1n) is 15.8. The van der Waals surface area contributed by atoms with Crippen molar-refractivity contribution in [2.24, 2.45) is 17.9 Å². The molecule has 2 amide bonds. The van der Waals surface area contributed by atoms with Crippen molar-refractivity contribution >= 4 is 94.7 Å². The summed E-state index contributed by atoms with van der Waals surface area (Å²) in [4.78, 5) is 84.8. The van der Waals surface area contributed by atoms with Crippen molar-refractivity contribution in [3.05, 3.63) is 46.3 Å². The molecule has 0 bridgehead atoms. The van der Waals surface area contributed by atoms with Gasteiger partial charge in [-0.2, -0.15) is 9.36 Å². The van der Waals surface area contributed by atoms with E-state index in [0.717, 1.165) is 29.1 Å². The number of nitrogens with two attached hydrogens (primary N) is 1. The first kappa shape index (κ1) is 42.9. The van der Waals surface area contributed by atoms with E-state index in [2.05, 4.69) is 40.8 Å². The van der Waals surface area contributed by atoms with Gasteiger partial charge in [0.2, 0.25) is 22.6 Å². The third kappa shape index (κ3) is 12.9. The molecule has 22 nitrogen and oxygen atoms in total. The van der Waals surface area contributed by atoms with E-state index >= 15 is 0 Å². The number of carboxylic acids is 2. The molecule has 1 unspecified atom stereocenters. The monoisotopic (exact) mass is 859 g/mol. The van der Waals surface area contributed by atoms with Gasteiger partial charge in [0.15, 0.2) is 22.7 Å². The van der Waals surface area contributed by atoms with Crippen LogP contribution in [0.5, 0.6) is 0 Å². The highest BCUT2D eigenvalue weighted by molar-refractivity contribution is 8.07. The Labute approximate surface area is 328 Å². The molecular weight excluding hydrogens is 824 g/mol. The van der Waals surface area contributed by atoms with E-state index in [1.54, 1.807) is 6.92 Å². The second kappa shape index (κ2) is 19.7. The molecule has 0 saturated carbocycles. The molecule has 3 aromatic heterocycles. The van der Waals surface area contributed by atoms with Crippen LogP contribution in [-0.4, -0.2) is 106 Å². The molecule has 55 heavy (non-hydrogen) atoms. The van der Waals surface area contributed by atoms with Crippen molar-refractivity contribution in [1.82, 2.24) is 35.6 Å². The van der Waals surface area contributed by atoms with Gasteiger partial charge in [0.25, 0.3) is 5.91 Å². The molecule has 4 heterocycles. The number of nitrogens with one attached hydrogen (secondary N) is 6. The van der Waals surface area contributed by atoms with Gasteiger partial charge in [0.1, 0.15) is 36.8 Å². The van der Waals surface area contributed by atoms with Crippen molar-refractivity contribution in [3.8, 4) is 11.3 Å². The SMILES string of the molecule is CCO/N=C(\C(=O)N[C@H](C(=O)NC(CCCNC(=N)N)C(=O)O)[C@@H]1NC(C(=O)O)=C(Sc2nc(-c3cc[n+](C)cc3)cs2)CS1)c1nsc(NP(=O)(O)O)n1. The van der Waals surface area contributed by atoms with Crippen LogP contribution in [0.15, 0.2) is 50.0 Å². The number of rotatable bonds is 19. The van der Waals surface area contributed by atoms with Crippen LogP contribution in [-0.2, 0) is 35.6 Å². The molecule has 296 valence electrons. The van der Waals surface area contributed by atoms with Crippen LogP contribution < -0.4 is 36.7 Å². The van der Waals surface area contributed by atoms with Crippen LogP contribution in [0, 0.1) is 5.41 Å². The number of thioether (sulfide) groups is 2. The zero-order valence-electron chi connectivity index (χ0n) is 28.8. The fraction of sp³-hybridized carbons (Fsp3) is 0.357. The normalized spacial score (nSPS) is 15.6. The summed E-state index contributed by atoms with van der Waals surface area (Å²) in [6, 6.07) is 0.635. The molecule has 3 aromatic rings. The Morgan fingerprint density at radius 3 is 2.58 bits per heavy atom. The zero-order chi connectivity index (χ0) is 40.3. The number of pyridine rings is 1. The van der Waals surface area contributed by atoms with Crippen LogP contribution in [0.1, 0.15) is 25.6 Å². The van der Waals surface area contributed by atoms with Crippen LogP contribution >= 0.6 is 54.1 Å². The van der Waals surface area contributed by atoms with Gasteiger partial charge in [-0.05, 0) is 19.8 Å². The Morgan fingerprint density at radius 1 is 1.22 bits per heavy atom. The highest BCUT2D eigenvalue weighted by Crippen LogP contribution is 2.39. The summed E-state index contributed by atoms with van der Waals surface area (Å²) in [7, 11) is -2.92. The average Bonchev–Trinajstić information content (AvgIpc) is 3.77. The number of carbonyl (C=O) groups is 4. The summed E-state index contributed by atoms with van der Waals surface area (Å²) >= 11 is 3.95. The number of carbonyl (C=O) groups excluding carboxylic acids is 2. The summed E-state index contributed by atoms with van der Waals surface area (Å²) in [5.74, 6) is -5.65. The first-order chi connectivity index (χ1) is 26.0. The molecular formula is C28H36N12O10PS4+. The van der Waals surface area contributed by atoms with E-state index in [0.29, 0.717) is 26.5 Å². The van der Waals surface area contributed by atoms with Crippen LogP contribution in [0.25, 0.3) is 11.3 Å². The predicted molar refractivity (Wildman–Crippen MR) is 203 cm³/mol. The van der Waals surface area contributed by atoms with Gasteiger partial charge in [-0.3, -0.25) is 20.1 Å². The Morgan fingerprint density at radius 2 is 1.95 bits per heavy atom. The van der Waals surface area contributed by atoms with E-state index in [-0.39, 0.29) is 48.5 Å². The number of anilines is 1. The van der Waals surface area contributed by atoms with Crippen LogP contribution in [0.4, 0.5) is 5.13 Å². The molecule has 0 aromatic carbocycles. The summed E-state index contributed by atoms with van der Waals surface area (Å²) in [6.45, 7) is 1.65. The predicted octanol–water partition coefficient (Wildman–Crippen LogP) is -0.200. The molecule has 0 aliphatic carbocycles. The van der Waals surface area contributed by atoms with E-state index in [4.69, 9.17) is 16.0 Å². The molecule has 1 aliphatic heterocycles. The summed E-state index contributed by atoms with van der Waals surface area (Å²) in [5.41, 5.74) is 5.93. The summed E-state index contributed by atoms with van der Waals surface area (Å²) in [6.07, 6.45) is 3.79. The topological polar surface area (TPSA) is 340 Å². The lowest BCUT2D eigenvalue weighted by Crippen LogP contribution is -2.60. The third-order valence-electron chi connectivity index (χ3n) is 6.99. The van der Waals surface area contributed by atoms with Gasteiger partial charge in [-0.1, -0.05) is 16.9 Å². The Bertz CT molecular complexity index is 2010. The molecule has 1 aliphatic rings. The van der Waals surface area contributed by atoms with E-state index in [1.807, 2.05) is 46.6 Å². The largest absolute Gasteiger partial charge is 0.480 e. The van der Waals surface area contributed by atoms with Gasteiger partial charge in [-0.25, -0.2) is 23.7 Å². The van der Waals surface area contributed by atoms with E-state index in [9.17, 15) is 43.7 Å². The number of nitrogens with zero attached hydrogens (tertiary/aromatic N) is 5. The minimum absolute atomic E-state index is 0.0315. The summed E-state index contributed by atoms with van der Waals surface area (Å²) in [5, 5.41) is 43.4. The first-order valence-corrected chi connectivity index (χ1v) is 20.9. The number of oxime groups is 1. The molecule has 3 atom stereocenters. The van der Waals surface area contributed by atoms with Gasteiger partial charge in [-0.15, -0.1) is 23.1 Å². The number of thiazole rings is 1. The molecule has 27 heteroatoms. The lowest BCUT2D eigenvalue weighted by atomic mass is 10.1. The van der Waals surface area contributed by atoms with E-state index in [1.165, 1.54) is 11.3 Å². The number of amides is 2. The second-order valence-electron chi connectivity index (χ2n) is 11.1. The van der Waals surface area contributed by atoms with Gasteiger partial charge < -0.3 is 51.8 Å². The fourth-order valence-corrected chi connectivity index (χ4v) is 9.04. The summed E-state index contributed by atoms with van der Waals surface area (Å²) < 4.78 is 17.7. The molecule has 0 saturated heterocycles. The van der Waals surface area contributed by atoms with Crippen molar-refractivity contribution in [3.63, 3.8) is 0 Å². The molecule has 12 N–H and O–H groups in total. The van der Waals surface area contributed by atoms with Gasteiger partial charge >= 0.3 is 19.7 Å². The molecule has 0 spiro atoms.